The van der Waals surface area contributed by atoms with Crippen LogP contribution in [0.25, 0.3) is 5.69 Å². The van der Waals surface area contributed by atoms with E-state index in [1.165, 1.54) is 6.42 Å². The van der Waals surface area contributed by atoms with Gasteiger partial charge in [0.2, 0.25) is 6.41 Å². The predicted molar refractivity (Wildman–Crippen MR) is 86.6 cm³/mol. The molecule has 1 N–H and O–H groups in total. The average Bonchev–Trinajstić information content (AvgIpc) is 2.81. The van der Waals surface area contributed by atoms with Crippen LogP contribution in [0.1, 0.15) is 43.8 Å². The second-order valence-electron chi connectivity index (χ2n) is 5.81. The van der Waals surface area contributed by atoms with E-state index in [0.717, 1.165) is 37.1 Å². The smallest absolute Gasteiger partial charge is 0.291 e. The fourth-order valence-corrected chi connectivity index (χ4v) is 3.39. The highest BCUT2D eigenvalue weighted by atomic mass is 16.1. The van der Waals surface area contributed by atoms with Crippen molar-refractivity contribution in [3.05, 3.63) is 46.4 Å². The number of hydrogen-bond acceptors (Lipinski definition) is 2. The van der Waals surface area contributed by atoms with Gasteiger partial charge in [0.15, 0.2) is 0 Å². The molecule has 0 aliphatic heterocycles. The van der Waals surface area contributed by atoms with Crippen LogP contribution in [-0.4, -0.2) is 15.8 Å². The average molecular weight is 299 g/mol. The molecule has 1 aliphatic carbocycles. The molecule has 1 fully saturated rings. The van der Waals surface area contributed by atoms with Gasteiger partial charge < -0.3 is 5.32 Å². The lowest BCUT2D eigenvalue weighted by molar-refractivity contribution is -0.105. The summed E-state index contributed by atoms with van der Waals surface area (Å²) in [4.78, 5) is 23.6. The molecule has 1 amide bonds. The standard InChI is InChI=1S/C17H21N3O2/c1-13-16(18-12-21)17(22)20(15-10-6-3-7-11-15)19(13)14-8-4-2-5-9-14/h2,4-5,8-9,12,15H,3,6-7,10-11H2,1H3,(H,18,21). The summed E-state index contributed by atoms with van der Waals surface area (Å²) >= 11 is 0. The molecule has 0 spiro atoms. The molecule has 2 aromatic rings. The Balaban J connectivity index is 2.19. The molecule has 0 bridgehead atoms. The van der Waals surface area contributed by atoms with Crippen molar-refractivity contribution < 1.29 is 4.79 Å². The van der Waals surface area contributed by atoms with Crippen LogP contribution in [0.4, 0.5) is 5.69 Å². The van der Waals surface area contributed by atoms with Gasteiger partial charge in [-0.25, -0.2) is 4.68 Å². The van der Waals surface area contributed by atoms with Gasteiger partial charge in [-0.3, -0.25) is 14.3 Å². The Labute approximate surface area is 129 Å². The van der Waals surface area contributed by atoms with Crippen LogP contribution in [-0.2, 0) is 4.79 Å². The van der Waals surface area contributed by atoms with Gasteiger partial charge in [0.25, 0.3) is 5.56 Å². The van der Waals surface area contributed by atoms with Gasteiger partial charge in [-0.1, -0.05) is 37.5 Å². The number of nitrogens with zero attached hydrogens (tertiary/aromatic N) is 2. The highest BCUT2D eigenvalue weighted by Gasteiger charge is 2.25. The summed E-state index contributed by atoms with van der Waals surface area (Å²) in [5.74, 6) is 0. The van der Waals surface area contributed by atoms with Crippen molar-refractivity contribution in [2.24, 2.45) is 0 Å². The minimum absolute atomic E-state index is 0.111. The van der Waals surface area contributed by atoms with E-state index in [1.54, 1.807) is 0 Å². The van der Waals surface area contributed by atoms with E-state index in [4.69, 9.17) is 0 Å². The maximum Gasteiger partial charge on any atom is 0.291 e. The fraction of sp³-hybridized carbons (Fsp3) is 0.412. The zero-order valence-electron chi connectivity index (χ0n) is 12.8. The molecular formula is C17H21N3O2. The van der Waals surface area contributed by atoms with Crippen molar-refractivity contribution in [1.82, 2.24) is 9.36 Å². The van der Waals surface area contributed by atoms with Gasteiger partial charge in [0.05, 0.1) is 17.4 Å². The van der Waals surface area contributed by atoms with E-state index in [0.29, 0.717) is 12.1 Å². The van der Waals surface area contributed by atoms with Crippen molar-refractivity contribution >= 4 is 12.1 Å². The number of aromatic nitrogens is 2. The Hall–Kier alpha value is -2.30. The number of amides is 1. The Kier molecular flexibility index (Phi) is 4.13. The molecule has 5 heteroatoms. The molecule has 22 heavy (non-hydrogen) atoms. The third-order valence-electron chi connectivity index (χ3n) is 4.44. The zero-order chi connectivity index (χ0) is 15.5. The summed E-state index contributed by atoms with van der Waals surface area (Å²) in [6.07, 6.45) is 6.12. The van der Waals surface area contributed by atoms with Gasteiger partial charge in [-0.15, -0.1) is 0 Å². The first-order chi connectivity index (χ1) is 10.7. The summed E-state index contributed by atoms with van der Waals surface area (Å²) in [5, 5.41) is 2.58. The number of hydrogen-bond donors (Lipinski definition) is 1. The highest BCUT2D eigenvalue weighted by molar-refractivity contribution is 5.72. The van der Waals surface area contributed by atoms with E-state index in [1.807, 2.05) is 46.6 Å². The minimum atomic E-state index is -0.111. The van der Waals surface area contributed by atoms with E-state index in [9.17, 15) is 9.59 Å². The lowest BCUT2D eigenvalue weighted by atomic mass is 9.96. The van der Waals surface area contributed by atoms with Gasteiger partial charge in [-0.2, -0.15) is 0 Å². The second kappa shape index (κ2) is 6.22. The second-order valence-corrected chi connectivity index (χ2v) is 5.81. The lowest BCUT2D eigenvalue weighted by Crippen LogP contribution is -2.29. The molecular weight excluding hydrogens is 278 g/mol. The quantitative estimate of drug-likeness (QED) is 0.882. The van der Waals surface area contributed by atoms with Crippen molar-refractivity contribution in [1.29, 1.82) is 0 Å². The molecule has 1 heterocycles. The van der Waals surface area contributed by atoms with Crippen molar-refractivity contribution in [2.45, 2.75) is 45.1 Å². The summed E-state index contributed by atoms with van der Waals surface area (Å²) in [5.41, 5.74) is 1.99. The predicted octanol–water partition coefficient (Wildman–Crippen LogP) is 3.02. The lowest BCUT2D eigenvalue weighted by Gasteiger charge is -2.26. The molecule has 1 aromatic heterocycles. The number of carbonyl (C=O) groups excluding carboxylic acids is 1. The fourth-order valence-electron chi connectivity index (χ4n) is 3.39. The van der Waals surface area contributed by atoms with Crippen LogP contribution in [0, 0.1) is 6.92 Å². The van der Waals surface area contributed by atoms with Crippen LogP contribution in [0.2, 0.25) is 0 Å². The van der Waals surface area contributed by atoms with Crippen LogP contribution < -0.4 is 10.9 Å². The van der Waals surface area contributed by atoms with Gasteiger partial charge in [0, 0.05) is 0 Å². The summed E-state index contributed by atoms with van der Waals surface area (Å²) in [7, 11) is 0. The summed E-state index contributed by atoms with van der Waals surface area (Å²) < 4.78 is 3.78. The van der Waals surface area contributed by atoms with E-state index >= 15 is 0 Å². The maximum absolute atomic E-state index is 12.8. The van der Waals surface area contributed by atoms with Gasteiger partial charge >= 0.3 is 0 Å². The van der Waals surface area contributed by atoms with Crippen molar-refractivity contribution in [3.8, 4) is 5.69 Å². The SMILES string of the molecule is Cc1c(NC=O)c(=O)n(C2CCCCC2)n1-c1ccccc1. The molecule has 0 atom stereocenters. The third-order valence-corrected chi connectivity index (χ3v) is 4.44. The molecule has 1 aromatic carbocycles. The number of anilines is 1. The van der Waals surface area contributed by atoms with Crippen molar-refractivity contribution in [3.63, 3.8) is 0 Å². The largest absolute Gasteiger partial charge is 0.323 e. The molecule has 3 rings (SSSR count). The number of nitrogens with one attached hydrogen (secondary N) is 1. The monoisotopic (exact) mass is 299 g/mol. The number of para-hydroxylation sites is 1. The summed E-state index contributed by atoms with van der Waals surface area (Å²) in [6.45, 7) is 1.87. The number of benzene rings is 1. The Morgan fingerprint density at radius 2 is 1.82 bits per heavy atom. The first-order valence-electron chi connectivity index (χ1n) is 7.83. The molecule has 0 saturated heterocycles. The normalized spacial score (nSPS) is 15.7. The topological polar surface area (TPSA) is 56.0 Å². The van der Waals surface area contributed by atoms with Gasteiger partial charge in [0.1, 0.15) is 5.69 Å². The molecule has 5 nitrogen and oxygen atoms in total. The van der Waals surface area contributed by atoms with Gasteiger partial charge in [-0.05, 0) is 31.9 Å². The molecule has 0 unspecified atom stereocenters. The van der Waals surface area contributed by atoms with Crippen LogP contribution >= 0.6 is 0 Å². The number of carbonyl (C=O) groups is 1. The van der Waals surface area contributed by atoms with Crippen LogP contribution in [0.3, 0.4) is 0 Å². The van der Waals surface area contributed by atoms with E-state index in [-0.39, 0.29) is 11.6 Å². The first kappa shape index (κ1) is 14.6. The van der Waals surface area contributed by atoms with Crippen LogP contribution in [0.5, 0.6) is 0 Å². The van der Waals surface area contributed by atoms with Crippen molar-refractivity contribution in [2.75, 3.05) is 5.32 Å². The number of rotatable bonds is 4. The maximum atomic E-state index is 12.8. The molecule has 1 saturated carbocycles. The third kappa shape index (κ3) is 2.47. The molecule has 116 valence electrons. The molecule has 0 radical (unpaired) electrons. The Morgan fingerprint density at radius 3 is 2.45 bits per heavy atom. The Morgan fingerprint density at radius 1 is 1.14 bits per heavy atom. The van der Waals surface area contributed by atoms with Crippen LogP contribution in [0.15, 0.2) is 35.1 Å². The van der Waals surface area contributed by atoms with E-state index < -0.39 is 0 Å². The first-order valence-corrected chi connectivity index (χ1v) is 7.83. The molecule has 1 aliphatic rings. The zero-order valence-corrected chi connectivity index (χ0v) is 12.8. The minimum Gasteiger partial charge on any atom is -0.323 e. The summed E-state index contributed by atoms with van der Waals surface area (Å²) in [6, 6.07) is 10.0. The van der Waals surface area contributed by atoms with E-state index in [2.05, 4.69) is 5.32 Å². The Bertz CT molecular complexity index is 709. The highest BCUT2D eigenvalue weighted by Crippen LogP contribution is 2.30.